The molecule has 3 amide bonds. The Morgan fingerprint density at radius 1 is 0.907 bits per heavy atom. The number of nitrogens with zero attached hydrogens (tertiary/aromatic N) is 1. The largest absolute Gasteiger partial charge is 0.491 e. The third-order valence-corrected chi connectivity index (χ3v) is 7.74. The number of anilines is 1. The van der Waals surface area contributed by atoms with Crippen LogP contribution in [0.5, 0.6) is 17.2 Å². The fourth-order valence-corrected chi connectivity index (χ4v) is 5.40. The van der Waals surface area contributed by atoms with E-state index in [1.165, 1.54) is 4.90 Å². The highest BCUT2D eigenvalue weighted by Gasteiger charge is 2.35. The van der Waals surface area contributed by atoms with E-state index in [1.54, 1.807) is 24.3 Å². The lowest BCUT2D eigenvalue weighted by Crippen LogP contribution is -2.32. The maximum absolute atomic E-state index is 13.1. The average molecular weight is 603 g/mol. The van der Waals surface area contributed by atoms with E-state index in [0.717, 1.165) is 45.5 Å². The van der Waals surface area contributed by atoms with Gasteiger partial charge in [-0.2, -0.15) is 0 Å². The summed E-state index contributed by atoms with van der Waals surface area (Å²) in [5, 5.41) is 2.54. The fourth-order valence-electron chi connectivity index (χ4n) is 4.54. The molecule has 0 aliphatic carbocycles. The van der Waals surface area contributed by atoms with E-state index in [0.29, 0.717) is 28.6 Å². The van der Waals surface area contributed by atoms with Gasteiger partial charge < -0.3 is 19.5 Å². The Morgan fingerprint density at radius 2 is 1.65 bits per heavy atom. The van der Waals surface area contributed by atoms with Crippen LogP contribution in [0.3, 0.4) is 0 Å². The molecular formula is C34H38N2O6S. The summed E-state index contributed by atoms with van der Waals surface area (Å²) in [7, 11) is 0. The molecule has 226 valence electrons. The van der Waals surface area contributed by atoms with Crippen molar-refractivity contribution in [3.8, 4) is 17.2 Å². The number of carbonyl (C=O) groups excluding carboxylic acids is 3. The van der Waals surface area contributed by atoms with E-state index >= 15 is 0 Å². The predicted molar refractivity (Wildman–Crippen MR) is 171 cm³/mol. The number of nitrogens with one attached hydrogen (secondary N) is 1. The fraction of sp³-hybridized carbons (Fsp3) is 0.324. The van der Waals surface area contributed by atoms with Crippen LogP contribution in [0.2, 0.25) is 0 Å². The quantitative estimate of drug-likeness (QED) is 0.218. The van der Waals surface area contributed by atoms with Crippen molar-refractivity contribution in [3.63, 3.8) is 0 Å². The zero-order valence-electron chi connectivity index (χ0n) is 25.5. The molecule has 3 aromatic rings. The first-order chi connectivity index (χ1) is 20.5. The summed E-state index contributed by atoms with van der Waals surface area (Å²) in [6.07, 6.45) is 1.66. The standard InChI is InChI=1S/C34H38N2O6S/c1-7-40-30-18-25(11-13-28(30)42-20-32(37)35-27-16-22(4)8-10-24(27)6)19-31-33(38)36(34(39)43-31)14-15-41-29-17-23(5)9-12-26(29)21(2)3/h8-13,16-19,21H,7,14-15,20H2,1-6H3,(H,35,37)/b31-19-. The lowest BCUT2D eigenvalue weighted by Gasteiger charge is -2.17. The summed E-state index contributed by atoms with van der Waals surface area (Å²) in [6, 6.07) is 17.1. The van der Waals surface area contributed by atoms with Crippen molar-refractivity contribution in [2.75, 3.05) is 31.7 Å². The Kier molecular flexibility index (Phi) is 10.5. The van der Waals surface area contributed by atoms with E-state index in [-0.39, 0.29) is 42.7 Å². The van der Waals surface area contributed by atoms with Crippen LogP contribution in [0, 0.1) is 20.8 Å². The van der Waals surface area contributed by atoms with Crippen LogP contribution >= 0.6 is 11.8 Å². The van der Waals surface area contributed by atoms with Crippen molar-refractivity contribution in [1.82, 2.24) is 4.90 Å². The van der Waals surface area contributed by atoms with Crippen molar-refractivity contribution < 1.29 is 28.6 Å². The molecule has 1 heterocycles. The van der Waals surface area contributed by atoms with E-state index in [4.69, 9.17) is 14.2 Å². The summed E-state index contributed by atoms with van der Waals surface area (Å²) in [6.45, 7) is 12.5. The second-order valence-electron chi connectivity index (χ2n) is 10.7. The number of benzene rings is 3. The minimum absolute atomic E-state index is 0.147. The van der Waals surface area contributed by atoms with E-state index < -0.39 is 0 Å². The molecule has 0 spiro atoms. The van der Waals surface area contributed by atoms with Gasteiger partial charge in [-0.05, 0) is 104 Å². The van der Waals surface area contributed by atoms with Crippen LogP contribution in [0.4, 0.5) is 10.5 Å². The molecule has 4 rings (SSSR count). The first-order valence-electron chi connectivity index (χ1n) is 14.3. The number of hydrogen-bond donors (Lipinski definition) is 1. The number of aryl methyl sites for hydroxylation is 3. The van der Waals surface area contributed by atoms with E-state index in [2.05, 4.69) is 19.2 Å². The molecular weight excluding hydrogens is 564 g/mol. The van der Waals surface area contributed by atoms with Gasteiger partial charge in [0.2, 0.25) is 0 Å². The van der Waals surface area contributed by atoms with Gasteiger partial charge in [0.15, 0.2) is 18.1 Å². The molecule has 1 fully saturated rings. The molecule has 0 atom stereocenters. The molecule has 9 heteroatoms. The van der Waals surface area contributed by atoms with Gasteiger partial charge in [0, 0.05) is 5.69 Å². The summed E-state index contributed by atoms with van der Waals surface area (Å²) >= 11 is 0.892. The predicted octanol–water partition coefficient (Wildman–Crippen LogP) is 7.27. The SMILES string of the molecule is CCOc1cc(/C=C2\SC(=O)N(CCOc3cc(C)ccc3C(C)C)C2=O)ccc1OCC(=O)Nc1cc(C)ccc1C. The molecule has 1 saturated heterocycles. The zero-order chi connectivity index (χ0) is 31.1. The second kappa shape index (κ2) is 14.3. The van der Waals surface area contributed by atoms with Gasteiger partial charge in [0.25, 0.3) is 17.1 Å². The third kappa shape index (κ3) is 8.20. The number of carbonyl (C=O) groups is 3. The van der Waals surface area contributed by atoms with Crippen LogP contribution in [-0.4, -0.2) is 48.3 Å². The lowest BCUT2D eigenvalue weighted by atomic mass is 10.0. The summed E-state index contributed by atoms with van der Waals surface area (Å²) in [4.78, 5) is 39.9. The Hall–Kier alpha value is -4.24. The summed E-state index contributed by atoms with van der Waals surface area (Å²) in [5.41, 5.74) is 5.58. The number of rotatable bonds is 12. The van der Waals surface area contributed by atoms with E-state index in [1.807, 2.05) is 64.1 Å². The highest BCUT2D eigenvalue weighted by molar-refractivity contribution is 8.18. The summed E-state index contributed by atoms with van der Waals surface area (Å²) < 4.78 is 17.5. The number of thioether (sulfide) groups is 1. The van der Waals surface area contributed by atoms with Crippen LogP contribution in [-0.2, 0) is 9.59 Å². The topological polar surface area (TPSA) is 94.2 Å². The van der Waals surface area contributed by atoms with Gasteiger partial charge in [-0.15, -0.1) is 0 Å². The maximum atomic E-state index is 13.1. The summed E-state index contributed by atoms with van der Waals surface area (Å²) in [5.74, 6) is 1.23. The molecule has 0 radical (unpaired) electrons. The Bertz CT molecular complexity index is 1550. The number of ether oxygens (including phenoxy) is 3. The Balaban J connectivity index is 1.39. The van der Waals surface area contributed by atoms with Crippen LogP contribution in [0.1, 0.15) is 54.5 Å². The molecule has 1 N–H and O–H groups in total. The normalized spacial score (nSPS) is 14.0. The lowest BCUT2D eigenvalue weighted by molar-refractivity contribution is -0.123. The molecule has 0 aromatic heterocycles. The smallest absolute Gasteiger partial charge is 0.293 e. The molecule has 0 saturated carbocycles. The molecule has 1 aliphatic heterocycles. The number of hydrogen-bond acceptors (Lipinski definition) is 7. The average Bonchev–Trinajstić information content (AvgIpc) is 3.22. The minimum Gasteiger partial charge on any atom is -0.491 e. The van der Waals surface area contributed by atoms with Crippen molar-refractivity contribution in [3.05, 3.63) is 87.3 Å². The van der Waals surface area contributed by atoms with Gasteiger partial charge >= 0.3 is 0 Å². The maximum Gasteiger partial charge on any atom is 0.293 e. The van der Waals surface area contributed by atoms with Gasteiger partial charge in [0.1, 0.15) is 12.4 Å². The van der Waals surface area contributed by atoms with Gasteiger partial charge in [-0.1, -0.05) is 44.2 Å². The van der Waals surface area contributed by atoms with Crippen LogP contribution in [0.15, 0.2) is 59.5 Å². The third-order valence-electron chi connectivity index (χ3n) is 6.83. The zero-order valence-corrected chi connectivity index (χ0v) is 26.3. The van der Waals surface area contributed by atoms with Crippen LogP contribution < -0.4 is 19.5 Å². The number of imide groups is 1. The van der Waals surface area contributed by atoms with Gasteiger partial charge in [0.05, 0.1) is 18.1 Å². The molecule has 43 heavy (non-hydrogen) atoms. The highest BCUT2D eigenvalue weighted by Crippen LogP contribution is 2.35. The first-order valence-corrected chi connectivity index (χ1v) is 15.1. The first kappa shape index (κ1) is 31.7. The molecule has 8 nitrogen and oxygen atoms in total. The molecule has 0 bridgehead atoms. The number of amides is 3. The molecule has 3 aromatic carbocycles. The highest BCUT2D eigenvalue weighted by atomic mass is 32.2. The molecule has 1 aliphatic rings. The Labute approximate surface area is 257 Å². The van der Waals surface area contributed by atoms with E-state index in [9.17, 15) is 14.4 Å². The molecule has 0 unspecified atom stereocenters. The van der Waals surface area contributed by atoms with Crippen LogP contribution in [0.25, 0.3) is 6.08 Å². The van der Waals surface area contributed by atoms with Gasteiger partial charge in [-0.3, -0.25) is 19.3 Å². The van der Waals surface area contributed by atoms with Crippen molar-refractivity contribution in [1.29, 1.82) is 0 Å². The Morgan fingerprint density at radius 3 is 2.40 bits per heavy atom. The van der Waals surface area contributed by atoms with Crippen molar-refractivity contribution >= 4 is 40.6 Å². The van der Waals surface area contributed by atoms with Crippen molar-refractivity contribution in [2.45, 2.75) is 47.5 Å². The minimum atomic E-state index is -0.367. The van der Waals surface area contributed by atoms with Gasteiger partial charge in [-0.25, -0.2) is 0 Å². The second-order valence-corrected chi connectivity index (χ2v) is 11.7. The monoisotopic (exact) mass is 602 g/mol. The van der Waals surface area contributed by atoms with Crippen molar-refractivity contribution in [2.24, 2.45) is 0 Å².